The molecule has 1 aromatic carbocycles. The number of nitrogens with one attached hydrogen (secondary N) is 1. The van der Waals surface area contributed by atoms with Crippen LogP contribution in [0.25, 0.3) is 0 Å². The second-order valence-corrected chi connectivity index (χ2v) is 5.71. The highest BCUT2D eigenvalue weighted by molar-refractivity contribution is 5.78. The van der Waals surface area contributed by atoms with Crippen LogP contribution in [0.4, 0.5) is 0 Å². The molecule has 1 N–H and O–H groups in total. The van der Waals surface area contributed by atoms with Crippen LogP contribution in [0.1, 0.15) is 38.7 Å². The lowest BCUT2D eigenvalue weighted by Gasteiger charge is -2.43. The summed E-state index contributed by atoms with van der Waals surface area (Å²) in [6.45, 7) is 4.56. The third-order valence-electron chi connectivity index (χ3n) is 4.11. The summed E-state index contributed by atoms with van der Waals surface area (Å²) < 4.78 is 5.47. The number of methoxy groups -OCH3 is 1. The van der Waals surface area contributed by atoms with Crippen molar-refractivity contribution in [3.8, 4) is 5.75 Å². The van der Waals surface area contributed by atoms with Crippen LogP contribution in [-0.2, 0) is 10.2 Å². The van der Waals surface area contributed by atoms with E-state index in [2.05, 4.69) is 11.4 Å². The van der Waals surface area contributed by atoms with E-state index >= 15 is 0 Å². The first-order chi connectivity index (χ1) is 9.09. The zero-order valence-electron chi connectivity index (χ0n) is 12.0. The molecule has 1 aliphatic carbocycles. The van der Waals surface area contributed by atoms with E-state index in [1.54, 1.807) is 7.11 Å². The quantitative estimate of drug-likeness (QED) is 0.885. The first-order valence-corrected chi connectivity index (χ1v) is 7.00. The average molecular weight is 261 g/mol. The number of amides is 1. The smallest absolute Gasteiger partial charge is 0.222 e. The van der Waals surface area contributed by atoms with Gasteiger partial charge >= 0.3 is 0 Å². The first kappa shape index (κ1) is 13.9. The van der Waals surface area contributed by atoms with Crippen LogP contribution in [0.3, 0.4) is 0 Å². The predicted molar refractivity (Wildman–Crippen MR) is 76.4 cm³/mol. The molecule has 1 aliphatic rings. The van der Waals surface area contributed by atoms with Crippen LogP contribution in [0.15, 0.2) is 24.3 Å². The van der Waals surface area contributed by atoms with Gasteiger partial charge in [-0.2, -0.15) is 0 Å². The normalized spacial score (nSPS) is 16.8. The lowest BCUT2D eigenvalue weighted by Crippen LogP contribution is -2.46. The van der Waals surface area contributed by atoms with Gasteiger partial charge in [-0.25, -0.2) is 0 Å². The number of rotatable bonds is 5. The molecule has 0 bridgehead atoms. The number of carbonyl (C=O) groups excluding carboxylic acids is 1. The van der Waals surface area contributed by atoms with Crippen molar-refractivity contribution in [3.63, 3.8) is 0 Å². The number of benzene rings is 1. The van der Waals surface area contributed by atoms with Crippen molar-refractivity contribution in [2.24, 2.45) is 5.92 Å². The zero-order valence-corrected chi connectivity index (χ0v) is 12.0. The standard InChI is InChI=1S/C16H23NO2/c1-12(2)15(18)17-11-16(9-6-10-16)13-7-4-5-8-14(13)19-3/h4-5,7-8,12H,6,9-11H2,1-3H3,(H,17,18). The number of hydrogen-bond donors (Lipinski definition) is 1. The maximum atomic E-state index is 11.8. The van der Waals surface area contributed by atoms with E-state index in [-0.39, 0.29) is 17.2 Å². The number of carbonyl (C=O) groups is 1. The van der Waals surface area contributed by atoms with Crippen LogP contribution < -0.4 is 10.1 Å². The Kier molecular flexibility index (Phi) is 4.13. The number of hydrogen-bond acceptors (Lipinski definition) is 2. The van der Waals surface area contributed by atoms with Crippen LogP contribution in [-0.4, -0.2) is 19.6 Å². The van der Waals surface area contributed by atoms with Crippen molar-refractivity contribution in [2.75, 3.05) is 13.7 Å². The third-order valence-corrected chi connectivity index (χ3v) is 4.11. The summed E-state index contributed by atoms with van der Waals surface area (Å²) in [6, 6.07) is 8.16. The molecule has 0 heterocycles. The lowest BCUT2D eigenvalue weighted by atomic mass is 9.64. The summed E-state index contributed by atoms with van der Waals surface area (Å²) in [6.07, 6.45) is 3.45. The van der Waals surface area contributed by atoms with E-state index in [1.807, 2.05) is 32.0 Å². The molecule has 1 amide bonds. The van der Waals surface area contributed by atoms with Gasteiger partial charge in [0.25, 0.3) is 0 Å². The van der Waals surface area contributed by atoms with E-state index in [0.717, 1.165) is 18.6 Å². The SMILES string of the molecule is COc1ccccc1C1(CNC(=O)C(C)C)CCC1. The molecule has 0 spiro atoms. The minimum atomic E-state index is 0.0368. The van der Waals surface area contributed by atoms with Crippen LogP contribution in [0.5, 0.6) is 5.75 Å². The summed E-state index contributed by atoms with van der Waals surface area (Å²) >= 11 is 0. The van der Waals surface area contributed by atoms with Crippen molar-refractivity contribution < 1.29 is 9.53 Å². The van der Waals surface area contributed by atoms with Gasteiger partial charge in [0, 0.05) is 23.4 Å². The van der Waals surface area contributed by atoms with Crippen LogP contribution in [0, 0.1) is 5.92 Å². The molecule has 3 heteroatoms. The molecule has 0 radical (unpaired) electrons. The van der Waals surface area contributed by atoms with Crippen LogP contribution in [0.2, 0.25) is 0 Å². The summed E-state index contributed by atoms with van der Waals surface area (Å²) in [7, 11) is 1.71. The molecule has 1 saturated carbocycles. The Bertz CT molecular complexity index is 450. The van der Waals surface area contributed by atoms with Crippen LogP contribution >= 0.6 is 0 Å². The third kappa shape index (κ3) is 2.75. The van der Waals surface area contributed by atoms with E-state index in [9.17, 15) is 4.79 Å². The molecule has 0 unspecified atom stereocenters. The van der Waals surface area contributed by atoms with E-state index in [0.29, 0.717) is 6.54 Å². The Morgan fingerprint density at radius 3 is 2.58 bits per heavy atom. The predicted octanol–water partition coefficient (Wildman–Crippen LogP) is 2.89. The minimum absolute atomic E-state index is 0.0368. The molecule has 2 rings (SSSR count). The Morgan fingerprint density at radius 1 is 1.37 bits per heavy atom. The highest BCUT2D eigenvalue weighted by atomic mass is 16.5. The topological polar surface area (TPSA) is 38.3 Å². The van der Waals surface area contributed by atoms with Gasteiger partial charge in [0.1, 0.15) is 5.75 Å². The molecule has 19 heavy (non-hydrogen) atoms. The highest BCUT2D eigenvalue weighted by Crippen LogP contribution is 2.46. The first-order valence-electron chi connectivity index (χ1n) is 7.00. The highest BCUT2D eigenvalue weighted by Gasteiger charge is 2.40. The van der Waals surface area contributed by atoms with Crippen molar-refractivity contribution in [2.45, 2.75) is 38.5 Å². The molecule has 0 aliphatic heterocycles. The van der Waals surface area contributed by atoms with Crippen molar-refractivity contribution in [3.05, 3.63) is 29.8 Å². The Hall–Kier alpha value is -1.51. The lowest BCUT2D eigenvalue weighted by molar-refractivity contribution is -0.124. The molecule has 0 aromatic heterocycles. The molecule has 3 nitrogen and oxygen atoms in total. The fraction of sp³-hybridized carbons (Fsp3) is 0.562. The van der Waals surface area contributed by atoms with Gasteiger partial charge in [-0.3, -0.25) is 4.79 Å². The molecular weight excluding hydrogens is 238 g/mol. The van der Waals surface area contributed by atoms with E-state index in [4.69, 9.17) is 4.74 Å². The van der Waals surface area contributed by atoms with Gasteiger partial charge in [0.2, 0.25) is 5.91 Å². The molecule has 104 valence electrons. The van der Waals surface area contributed by atoms with Gasteiger partial charge in [0.15, 0.2) is 0 Å². The van der Waals surface area contributed by atoms with Crippen molar-refractivity contribution in [1.29, 1.82) is 0 Å². The second kappa shape index (κ2) is 5.64. The van der Waals surface area contributed by atoms with Gasteiger partial charge < -0.3 is 10.1 Å². The monoisotopic (exact) mass is 261 g/mol. The molecular formula is C16H23NO2. The molecule has 0 saturated heterocycles. The Labute approximate surface area is 115 Å². The van der Waals surface area contributed by atoms with Gasteiger partial charge in [-0.05, 0) is 18.9 Å². The fourth-order valence-electron chi connectivity index (χ4n) is 2.69. The second-order valence-electron chi connectivity index (χ2n) is 5.71. The van der Waals surface area contributed by atoms with Crippen molar-refractivity contribution >= 4 is 5.91 Å². The summed E-state index contributed by atoms with van der Waals surface area (Å²) in [5.74, 6) is 1.09. The largest absolute Gasteiger partial charge is 0.496 e. The molecule has 0 atom stereocenters. The van der Waals surface area contributed by atoms with Gasteiger partial charge in [-0.1, -0.05) is 38.5 Å². The average Bonchev–Trinajstić information content (AvgIpc) is 2.37. The molecule has 1 fully saturated rings. The maximum absolute atomic E-state index is 11.8. The maximum Gasteiger partial charge on any atom is 0.222 e. The summed E-state index contributed by atoms with van der Waals surface area (Å²) in [5.41, 5.74) is 1.30. The summed E-state index contributed by atoms with van der Waals surface area (Å²) in [5, 5.41) is 3.08. The van der Waals surface area contributed by atoms with E-state index < -0.39 is 0 Å². The Morgan fingerprint density at radius 2 is 2.05 bits per heavy atom. The van der Waals surface area contributed by atoms with Gasteiger partial charge in [0.05, 0.1) is 7.11 Å². The fourth-order valence-corrected chi connectivity index (χ4v) is 2.69. The minimum Gasteiger partial charge on any atom is -0.496 e. The number of para-hydroxylation sites is 1. The Balaban J connectivity index is 2.16. The van der Waals surface area contributed by atoms with Gasteiger partial charge in [-0.15, -0.1) is 0 Å². The van der Waals surface area contributed by atoms with Crippen molar-refractivity contribution in [1.82, 2.24) is 5.32 Å². The molecule has 1 aromatic rings. The zero-order chi connectivity index (χ0) is 13.9. The summed E-state index contributed by atoms with van der Waals surface area (Å²) in [4.78, 5) is 11.8. The van der Waals surface area contributed by atoms with E-state index in [1.165, 1.54) is 12.0 Å². The number of ether oxygens (including phenoxy) is 1.